The fourth-order valence-electron chi connectivity index (χ4n) is 6.60. The zero-order valence-electron chi connectivity index (χ0n) is 19.0. The van der Waals surface area contributed by atoms with Crippen molar-refractivity contribution in [1.82, 2.24) is 39.7 Å². The van der Waals surface area contributed by atoms with Crippen molar-refractivity contribution in [2.45, 2.75) is 51.0 Å². The van der Waals surface area contributed by atoms with Gasteiger partial charge in [0.1, 0.15) is 11.6 Å². The predicted molar refractivity (Wildman–Crippen MR) is 117 cm³/mol. The first-order valence-electron chi connectivity index (χ1n) is 12.1. The van der Waals surface area contributed by atoms with Gasteiger partial charge in [-0.3, -0.25) is 9.58 Å². The van der Waals surface area contributed by atoms with Crippen LogP contribution in [0.25, 0.3) is 0 Å². The minimum absolute atomic E-state index is 0.252. The lowest BCUT2D eigenvalue weighted by Crippen LogP contribution is -2.75. The van der Waals surface area contributed by atoms with Crippen LogP contribution in [0.3, 0.4) is 0 Å². The van der Waals surface area contributed by atoms with Crippen molar-refractivity contribution in [2.24, 2.45) is 17.9 Å². The minimum atomic E-state index is 0.252. The molecule has 2 aromatic heterocycles. The Morgan fingerprint density at radius 2 is 1.62 bits per heavy atom. The molecular formula is C23H32N8O. The molecule has 2 amide bonds. The maximum Gasteiger partial charge on any atom is 0.320 e. The molecule has 2 saturated carbocycles. The number of nitrogens with zero attached hydrogens (tertiary/aromatic N) is 7. The van der Waals surface area contributed by atoms with E-state index in [0.29, 0.717) is 22.7 Å². The number of carbonyl (C=O) groups excluding carboxylic acids is 1. The summed E-state index contributed by atoms with van der Waals surface area (Å²) < 4.78 is 1.94. The van der Waals surface area contributed by atoms with Gasteiger partial charge in [-0.05, 0) is 32.6 Å². The second-order valence-electron chi connectivity index (χ2n) is 11.5. The lowest BCUT2D eigenvalue weighted by molar-refractivity contribution is -0.116. The Kier molecular flexibility index (Phi) is 3.78. The molecule has 2 aliphatic carbocycles. The van der Waals surface area contributed by atoms with Crippen LogP contribution >= 0.6 is 0 Å². The Morgan fingerprint density at radius 1 is 1.00 bits per heavy atom. The van der Waals surface area contributed by atoms with Crippen LogP contribution in [0, 0.1) is 17.8 Å². The first-order valence-corrected chi connectivity index (χ1v) is 12.1. The Hall–Kier alpha value is -2.42. The number of nitrogens with one attached hydrogen (secondary N) is 1. The molecule has 2 aromatic rings. The minimum Gasteiger partial charge on any atom is -0.328 e. The number of urea groups is 1. The number of amides is 2. The van der Waals surface area contributed by atoms with E-state index in [-0.39, 0.29) is 6.03 Å². The van der Waals surface area contributed by atoms with E-state index in [4.69, 9.17) is 0 Å². The normalized spacial score (nSPS) is 26.1. The summed E-state index contributed by atoms with van der Waals surface area (Å²) in [6.07, 6.45) is 6.77. The summed E-state index contributed by atoms with van der Waals surface area (Å²) in [6, 6.07) is 0.252. The van der Waals surface area contributed by atoms with E-state index in [0.717, 1.165) is 70.3 Å². The first kappa shape index (κ1) is 19.1. The number of aryl methyl sites for hydroxylation is 1. The molecule has 3 saturated heterocycles. The van der Waals surface area contributed by atoms with Crippen molar-refractivity contribution >= 4 is 6.03 Å². The molecule has 3 aliphatic heterocycles. The molecule has 0 atom stereocenters. The smallest absolute Gasteiger partial charge is 0.320 e. The van der Waals surface area contributed by atoms with Gasteiger partial charge in [-0.15, -0.1) is 10.2 Å². The van der Waals surface area contributed by atoms with Gasteiger partial charge < -0.3 is 14.8 Å². The van der Waals surface area contributed by atoms with Crippen LogP contribution in [-0.4, -0.2) is 85.0 Å². The van der Waals surface area contributed by atoms with Crippen molar-refractivity contribution in [2.75, 3.05) is 39.3 Å². The Labute approximate surface area is 188 Å². The summed E-state index contributed by atoms with van der Waals surface area (Å²) in [5.41, 5.74) is 3.23. The molecule has 0 unspecified atom stereocenters. The number of H-pyrrole nitrogens is 1. The maximum atomic E-state index is 12.9. The number of rotatable bonds is 4. The molecule has 5 heterocycles. The van der Waals surface area contributed by atoms with Gasteiger partial charge in [0.15, 0.2) is 0 Å². The SMILES string of the molecule is Cc1c(CN2CC3(C2)CN(C(=O)N2CC4(CC(c5nnc(C6CC6)[nH]5)C4)C2)C3)cnn1C. The third-order valence-electron chi connectivity index (χ3n) is 8.73. The van der Waals surface area contributed by atoms with Crippen molar-refractivity contribution in [3.63, 3.8) is 0 Å². The summed E-state index contributed by atoms with van der Waals surface area (Å²) in [5, 5.41) is 13.1. The highest BCUT2D eigenvalue weighted by Crippen LogP contribution is 2.56. The van der Waals surface area contributed by atoms with Crippen LogP contribution < -0.4 is 0 Å². The molecule has 2 spiro atoms. The zero-order chi connectivity index (χ0) is 21.7. The van der Waals surface area contributed by atoms with E-state index in [9.17, 15) is 4.79 Å². The number of aromatic amines is 1. The molecule has 5 aliphatic rings. The topological polar surface area (TPSA) is 86.2 Å². The lowest BCUT2D eigenvalue weighted by atomic mass is 9.57. The van der Waals surface area contributed by atoms with E-state index in [1.54, 1.807) is 0 Å². The van der Waals surface area contributed by atoms with Crippen LogP contribution in [0.2, 0.25) is 0 Å². The van der Waals surface area contributed by atoms with Gasteiger partial charge in [0.05, 0.1) is 6.20 Å². The van der Waals surface area contributed by atoms with Gasteiger partial charge in [-0.2, -0.15) is 5.10 Å². The highest BCUT2D eigenvalue weighted by Gasteiger charge is 2.58. The molecule has 7 rings (SSSR count). The average Bonchev–Trinajstić information content (AvgIpc) is 3.31. The van der Waals surface area contributed by atoms with Crippen LogP contribution in [0.1, 0.15) is 60.4 Å². The van der Waals surface area contributed by atoms with Crippen molar-refractivity contribution in [1.29, 1.82) is 0 Å². The molecule has 0 aromatic carbocycles. The summed E-state index contributed by atoms with van der Waals surface area (Å²) in [5.74, 6) is 3.29. The van der Waals surface area contributed by atoms with Gasteiger partial charge in [-0.25, -0.2) is 4.79 Å². The average molecular weight is 437 g/mol. The molecule has 5 fully saturated rings. The summed E-state index contributed by atoms with van der Waals surface area (Å²) in [7, 11) is 1.99. The van der Waals surface area contributed by atoms with Crippen LogP contribution in [-0.2, 0) is 13.6 Å². The van der Waals surface area contributed by atoms with E-state index in [1.807, 2.05) is 17.9 Å². The fourth-order valence-corrected chi connectivity index (χ4v) is 6.60. The van der Waals surface area contributed by atoms with Gasteiger partial charge in [0.2, 0.25) is 0 Å². The van der Waals surface area contributed by atoms with E-state index in [1.165, 1.54) is 24.1 Å². The molecule has 0 radical (unpaired) electrons. The first-order chi connectivity index (χ1) is 15.4. The second-order valence-corrected chi connectivity index (χ2v) is 11.5. The highest BCUT2D eigenvalue weighted by molar-refractivity contribution is 5.77. The Morgan fingerprint density at radius 3 is 2.22 bits per heavy atom. The molecule has 9 nitrogen and oxygen atoms in total. The largest absolute Gasteiger partial charge is 0.328 e. The van der Waals surface area contributed by atoms with E-state index in [2.05, 4.69) is 41.9 Å². The monoisotopic (exact) mass is 436 g/mol. The molecule has 170 valence electrons. The summed E-state index contributed by atoms with van der Waals surface area (Å²) in [6.45, 7) is 8.96. The van der Waals surface area contributed by atoms with Gasteiger partial charge >= 0.3 is 6.03 Å². The number of hydrogen-bond donors (Lipinski definition) is 1. The van der Waals surface area contributed by atoms with E-state index >= 15 is 0 Å². The molecule has 1 N–H and O–H groups in total. The Balaban J connectivity index is 0.858. The lowest BCUT2D eigenvalue weighted by Gasteiger charge is -2.63. The molecule has 0 bridgehead atoms. The number of carbonyl (C=O) groups is 1. The van der Waals surface area contributed by atoms with Crippen LogP contribution in [0.15, 0.2) is 6.20 Å². The third-order valence-corrected chi connectivity index (χ3v) is 8.73. The quantitative estimate of drug-likeness (QED) is 0.790. The van der Waals surface area contributed by atoms with Gasteiger partial charge in [0, 0.05) is 86.8 Å². The van der Waals surface area contributed by atoms with Crippen LogP contribution in [0.4, 0.5) is 4.79 Å². The van der Waals surface area contributed by atoms with Crippen LogP contribution in [0.5, 0.6) is 0 Å². The van der Waals surface area contributed by atoms with Crippen molar-refractivity contribution < 1.29 is 4.79 Å². The second kappa shape index (κ2) is 6.34. The van der Waals surface area contributed by atoms with Crippen molar-refractivity contribution in [3.8, 4) is 0 Å². The number of likely N-dealkylation sites (tertiary alicyclic amines) is 3. The molecule has 9 heteroatoms. The van der Waals surface area contributed by atoms with E-state index < -0.39 is 0 Å². The summed E-state index contributed by atoms with van der Waals surface area (Å²) in [4.78, 5) is 23.0. The zero-order valence-corrected chi connectivity index (χ0v) is 19.0. The van der Waals surface area contributed by atoms with Gasteiger partial charge in [-0.1, -0.05) is 0 Å². The summed E-state index contributed by atoms with van der Waals surface area (Å²) >= 11 is 0. The maximum absolute atomic E-state index is 12.9. The molecule has 32 heavy (non-hydrogen) atoms. The highest BCUT2D eigenvalue weighted by atomic mass is 16.2. The fraction of sp³-hybridized carbons (Fsp3) is 0.739. The molecular weight excluding hydrogens is 404 g/mol. The third kappa shape index (κ3) is 2.86. The standard InChI is InChI=1S/C23H32N8O/c1-15-18(7-24-28(15)2)8-29-9-23(10-29)13-31(14-23)21(32)30-11-22(12-30)5-17(6-22)20-25-19(26-27-20)16-3-4-16/h7,16-17H,3-6,8-14H2,1-2H3,(H,25,26,27). The van der Waals surface area contributed by atoms with Gasteiger partial charge in [0.25, 0.3) is 0 Å². The Bertz CT molecular complexity index is 1060. The van der Waals surface area contributed by atoms with Crippen molar-refractivity contribution in [3.05, 3.63) is 29.1 Å². The predicted octanol–water partition coefficient (Wildman–Crippen LogP) is 1.84. The number of hydrogen-bond acceptors (Lipinski definition) is 5. The number of aromatic nitrogens is 5.